The topological polar surface area (TPSA) is 63.0 Å². The molecule has 2 atom stereocenters. The average molecular weight is 418 g/mol. The first-order valence-electron chi connectivity index (χ1n) is 10.8. The zero-order valence-electron chi connectivity index (χ0n) is 17.8. The summed E-state index contributed by atoms with van der Waals surface area (Å²) < 4.78 is 11.8. The van der Waals surface area contributed by atoms with Crippen molar-refractivity contribution < 1.29 is 18.7 Å². The molecule has 0 spiro atoms. The van der Waals surface area contributed by atoms with Crippen molar-refractivity contribution in [2.45, 2.75) is 32.4 Å². The summed E-state index contributed by atoms with van der Waals surface area (Å²) in [5.74, 6) is 1.67. The fraction of sp³-hybridized carbons (Fsp3) is 0.360. The van der Waals surface area contributed by atoms with Crippen LogP contribution in [0.4, 0.5) is 0 Å². The van der Waals surface area contributed by atoms with E-state index in [2.05, 4.69) is 0 Å². The van der Waals surface area contributed by atoms with Gasteiger partial charge >= 0.3 is 0 Å². The van der Waals surface area contributed by atoms with Gasteiger partial charge < -0.3 is 19.0 Å². The molecule has 3 aromatic rings. The Morgan fingerprint density at radius 3 is 2.81 bits per heavy atom. The van der Waals surface area contributed by atoms with Crippen molar-refractivity contribution in [1.82, 2.24) is 9.80 Å². The van der Waals surface area contributed by atoms with Crippen molar-refractivity contribution >= 4 is 22.8 Å². The predicted molar refractivity (Wildman–Crippen MR) is 117 cm³/mol. The number of hydrogen-bond acceptors (Lipinski definition) is 4. The Balaban J connectivity index is 1.38. The molecule has 0 N–H and O–H groups in total. The molecule has 3 heterocycles. The minimum atomic E-state index is -0.0306. The van der Waals surface area contributed by atoms with Gasteiger partial charge in [0.1, 0.15) is 23.7 Å². The number of benzene rings is 2. The van der Waals surface area contributed by atoms with Crippen molar-refractivity contribution in [3.05, 3.63) is 65.4 Å². The van der Waals surface area contributed by atoms with Crippen LogP contribution in [-0.2, 0) is 11.4 Å². The third-order valence-electron chi connectivity index (χ3n) is 6.61. The molecule has 2 aliphatic heterocycles. The minimum Gasteiger partial charge on any atom is -0.489 e. The van der Waals surface area contributed by atoms with Crippen LogP contribution < -0.4 is 4.74 Å². The molecule has 2 aromatic carbocycles. The van der Waals surface area contributed by atoms with Gasteiger partial charge in [-0.1, -0.05) is 30.3 Å². The number of rotatable bonds is 4. The first-order valence-corrected chi connectivity index (χ1v) is 10.8. The monoisotopic (exact) mass is 418 g/mol. The average Bonchev–Trinajstić information content (AvgIpc) is 3.26. The van der Waals surface area contributed by atoms with E-state index in [9.17, 15) is 9.59 Å². The molecule has 0 saturated carbocycles. The van der Waals surface area contributed by atoms with Gasteiger partial charge in [0.25, 0.3) is 5.91 Å². The summed E-state index contributed by atoms with van der Waals surface area (Å²) >= 11 is 0. The second kappa shape index (κ2) is 7.76. The summed E-state index contributed by atoms with van der Waals surface area (Å²) in [6, 6.07) is 15.8. The molecule has 1 aromatic heterocycles. The number of piperidine rings is 1. The van der Waals surface area contributed by atoms with Crippen LogP contribution in [0.5, 0.6) is 5.75 Å². The molecular weight excluding hydrogens is 392 g/mol. The van der Waals surface area contributed by atoms with Crippen LogP contribution in [-0.4, -0.2) is 47.8 Å². The van der Waals surface area contributed by atoms with E-state index in [4.69, 9.17) is 9.15 Å². The molecule has 31 heavy (non-hydrogen) atoms. The Morgan fingerprint density at radius 1 is 1.19 bits per heavy atom. The highest BCUT2D eigenvalue weighted by Gasteiger charge is 2.42. The molecule has 0 unspecified atom stereocenters. The summed E-state index contributed by atoms with van der Waals surface area (Å²) in [6.45, 7) is 3.55. The van der Waals surface area contributed by atoms with Gasteiger partial charge in [-0.25, -0.2) is 0 Å². The van der Waals surface area contributed by atoms with E-state index in [1.54, 1.807) is 0 Å². The van der Waals surface area contributed by atoms with E-state index in [1.807, 2.05) is 72.3 Å². The van der Waals surface area contributed by atoms with Crippen LogP contribution in [0.3, 0.4) is 0 Å². The summed E-state index contributed by atoms with van der Waals surface area (Å²) in [7, 11) is 1.87. The zero-order valence-corrected chi connectivity index (χ0v) is 17.8. The van der Waals surface area contributed by atoms with Crippen LogP contribution in [0, 0.1) is 12.8 Å². The van der Waals surface area contributed by atoms with Gasteiger partial charge in [-0.2, -0.15) is 0 Å². The van der Waals surface area contributed by atoms with E-state index in [0.717, 1.165) is 17.4 Å². The number of fused-ring (bicyclic) bond motifs is 2. The smallest absolute Gasteiger partial charge is 0.258 e. The molecule has 2 saturated heterocycles. The lowest BCUT2D eigenvalue weighted by Crippen LogP contribution is -2.47. The molecule has 0 bridgehead atoms. The van der Waals surface area contributed by atoms with Gasteiger partial charge in [0.05, 0.1) is 5.56 Å². The van der Waals surface area contributed by atoms with Gasteiger partial charge in [0.2, 0.25) is 5.91 Å². The third kappa shape index (κ3) is 3.56. The molecule has 0 radical (unpaired) electrons. The van der Waals surface area contributed by atoms with E-state index in [-0.39, 0.29) is 23.8 Å². The van der Waals surface area contributed by atoms with Crippen molar-refractivity contribution in [1.29, 1.82) is 0 Å². The minimum absolute atomic E-state index is 0.0306. The highest BCUT2D eigenvalue weighted by molar-refractivity contribution is 6.07. The SMILES string of the molecule is Cc1oc2ccc(OCc3ccccc3)cc2c1C(=O)N1CC[C@H]2[C@H](CC(=O)N2C)C1. The number of likely N-dealkylation sites (tertiary alicyclic amines) is 2. The lowest BCUT2D eigenvalue weighted by molar-refractivity contribution is -0.127. The largest absolute Gasteiger partial charge is 0.489 e. The molecule has 6 heteroatoms. The predicted octanol–water partition coefficient (Wildman–Crippen LogP) is 4.01. The normalized spacial score (nSPS) is 20.9. The Morgan fingerprint density at radius 2 is 2.00 bits per heavy atom. The number of hydrogen-bond donors (Lipinski definition) is 0. The van der Waals surface area contributed by atoms with Gasteiger partial charge in [0.15, 0.2) is 0 Å². The number of furan rings is 1. The Kier molecular flexibility index (Phi) is 4.93. The summed E-state index contributed by atoms with van der Waals surface area (Å²) in [5.41, 5.74) is 2.36. The second-order valence-corrected chi connectivity index (χ2v) is 8.54. The molecule has 6 nitrogen and oxygen atoms in total. The second-order valence-electron chi connectivity index (χ2n) is 8.54. The summed E-state index contributed by atoms with van der Waals surface area (Å²) in [5, 5.41) is 0.773. The van der Waals surface area contributed by atoms with E-state index in [0.29, 0.717) is 48.8 Å². The van der Waals surface area contributed by atoms with Gasteiger partial charge in [0, 0.05) is 43.9 Å². The van der Waals surface area contributed by atoms with Gasteiger partial charge in [-0.05, 0) is 37.1 Å². The number of amides is 2. The Labute approximate surface area is 181 Å². The first kappa shape index (κ1) is 19.7. The fourth-order valence-corrected chi connectivity index (χ4v) is 4.92. The quantitative estimate of drug-likeness (QED) is 0.642. The van der Waals surface area contributed by atoms with Crippen LogP contribution in [0.15, 0.2) is 52.9 Å². The highest BCUT2D eigenvalue weighted by atomic mass is 16.5. The molecule has 0 aliphatic carbocycles. The molecule has 2 fully saturated rings. The van der Waals surface area contributed by atoms with Crippen LogP contribution in [0.2, 0.25) is 0 Å². The van der Waals surface area contributed by atoms with Crippen molar-refractivity contribution in [3.63, 3.8) is 0 Å². The third-order valence-corrected chi connectivity index (χ3v) is 6.61. The van der Waals surface area contributed by atoms with Crippen LogP contribution in [0.1, 0.15) is 34.5 Å². The highest BCUT2D eigenvalue weighted by Crippen LogP contribution is 2.34. The number of nitrogens with zero attached hydrogens (tertiary/aromatic N) is 2. The number of carbonyl (C=O) groups excluding carboxylic acids is 2. The Hall–Kier alpha value is -3.28. The number of ether oxygens (including phenoxy) is 1. The molecule has 5 rings (SSSR count). The molecular formula is C25H26N2O4. The van der Waals surface area contributed by atoms with Crippen LogP contribution >= 0.6 is 0 Å². The lowest BCUT2D eigenvalue weighted by Gasteiger charge is -2.36. The Bertz CT molecular complexity index is 1140. The molecule has 2 amide bonds. The van der Waals surface area contributed by atoms with Gasteiger partial charge in [-0.3, -0.25) is 9.59 Å². The van der Waals surface area contributed by atoms with E-state index >= 15 is 0 Å². The standard InChI is InChI=1S/C25H26N2O4/c1-16-24(25(29)27-11-10-21-18(14-27)12-23(28)26(21)2)20-13-19(8-9-22(20)31-16)30-15-17-6-4-3-5-7-17/h3-9,13,18,21H,10-12,14-15H2,1-2H3/t18-,21+/m1/s1. The summed E-state index contributed by atoms with van der Waals surface area (Å²) in [4.78, 5) is 29.3. The van der Waals surface area contributed by atoms with E-state index < -0.39 is 0 Å². The van der Waals surface area contributed by atoms with Crippen LogP contribution in [0.25, 0.3) is 11.0 Å². The van der Waals surface area contributed by atoms with Crippen molar-refractivity contribution in [3.8, 4) is 5.75 Å². The maximum Gasteiger partial charge on any atom is 0.258 e. The van der Waals surface area contributed by atoms with Gasteiger partial charge in [-0.15, -0.1) is 0 Å². The fourth-order valence-electron chi connectivity index (χ4n) is 4.92. The van der Waals surface area contributed by atoms with E-state index in [1.165, 1.54) is 0 Å². The summed E-state index contributed by atoms with van der Waals surface area (Å²) in [6.07, 6.45) is 1.34. The maximum atomic E-state index is 13.5. The number of carbonyl (C=O) groups is 2. The van der Waals surface area contributed by atoms with Crippen molar-refractivity contribution in [2.75, 3.05) is 20.1 Å². The lowest BCUT2D eigenvalue weighted by atomic mass is 9.92. The molecule has 160 valence electrons. The molecule has 2 aliphatic rings. The number of aryl methyl sites for hydroxylation is 1. The first-order chi connectivity index (χ1) is 15.0. The zero-order chi connectivity index (χ0) is 21.5. The van der Waals surface area contributed by atoms with Crippen molar-refractivity contribution in [2.24, 2.45) is 5.92 Å². The maximum absolute atomic E-state index is 13.5.